The average Bonchev–Trinajstić information content (AvgIpc) is 2.75. The van der Waals surface area contributed by atoms with Crippen LogP contribution in [0.15, 0.2) is 52.3 Å². The molecule has 32 heavy (non-hydrogen) atoms. The van der Waals surface area contributed by atoms with E-state index in [0.717, 1.165) is 12.3 Å². The summed E-state index contributed by atoms with van der Waals surface area (Å²) < 4.78 is 67.2. The first-order valence-electron chi connectivity index (χ1n) is 9.27. The van der Waals surface area contributed by atoms with Crippen LogP contribution in [0.4, 0.5) is 0 Å². The summed E-state index contributed by atoms with van der Waals surface area (Å²) in [6.07, 6.45) is 3.63. The summed E-state index contributed by atoms with van der Waals surface area (Å²) >= 11 is 0. The van der Waals surface area contributed by atoms with Crippen molar-refractivity contribution in [2.75, 3.05) is 27.6 Å². The largest absolute Gasteiger partial charge is 0.493 e. The van der Waals surface area contributed by atoms with Crippen LogP contribution in [0.1, 0.15) is 24.1 Å². The molecule has 0 saturated carbocycles. The first-order chi connectivity index (χ1) is 14.9. The maximum Gasteiger partial charge on any atom is 0.330 e. The third kappa shape index (κ3) is 6.09. The van der Waals surface area contributed by atoms with Gasteiger partial charge < -0.3 is 14.2 Å². The fraction of sp³-hybridized carbons (Fsp3) is 0.286. The third-order valence-corrected chi connectivity index (χ3v) is 7.18. The van der Waals surface area contributed by atoms with Crippen molar-refractivity contribution in [3.63, 3.8) is 0 Å². The van der Waals surface area contributed by atoms with Crippen LogP contribution >= 0.6 is 0 Å². The van der Waals surface area contributed by atoms with Crippen molar-refractivity contribution in [3.05, 3.63) is 53.6 Å². The summed E-state index contributed by atoms with van der Waals surface area (Å²) in [5.41, 5.74) is 0.937. The van der Waals surface area contributed by atoms with Gasteiger partial charge >= 0.3 is 5.97 Å². The third-order valence-electron chi connectivity index (χ3n) is 4.51. The highest BCUT2D eigenvalue weighted by molar-refractivity contribution is 7.90. The zero-order valence-electron chi connectivity index (χ0n) is 18.3. The smallest absolute Gasteiger partial charge is 0.330 e. The van der Waals surface area contributed by atoms with Crippen molar-refractivity contribution in [1.82, 2.24) is 4.72 Å². The number of methoxy groups -OCH3 is 3. The van der Waals surface area contributed by atoms with Crippen LogP contribution in [0.3, 0.4) is 0 Å². The minimum absolute atomic E-state index is 0.00478. The number of hydrogen-bond donors (Lipinski definition) is 1. The van der Waals surface area contributed by atoms with E-state index in [-0.39, 0.29) is 21.3 Å². The van der Waals surface area contributed by atoms with E-state index in [2.05, 4.69) is 9.46 Å². The molecular weight excluding hydrogens is 458 g/mol. The number of benzene rings is 2. The molecule has 0 heterocycles. The minimum Gasteiger partial charge on any atom is -0.493 e. The van der Waals surface area contributed by atoms with Gasteiger partial charge in [0.15, 0.2) is 21.3 Å². The van der Waals surface area contributed by atoms with E-state index in [4.69, 9.17) is 9.47 Å². The number of esters is 1. The van der Waals surface area contributed by atoms with Gasteiger partial charge in [-0.1, -0.05) is 12.1 Å². The van der Waals surface area contributed by atoms with Crippen LogP contribution in [0.5, 0.6) is 11.5 Å². The molecule has 0 radical (unpaired) electrons. The number of rotatable bonds is 9. The lowest BCUT2D eigenvalue weighted by atomic mass is 10.1. The molecule has 2 aromatic carbocycles. The fourth-order valence-corrected chi connectivity index (χ4v) is 4.92. The summed E-state index contributed by atoms with van der Waals surface area (Å²) in [5, 5.41) is 0. The zero-order valence-corrected chi connectivity index (χ0v) is 19.9. The maximum atomic E-state index is 13.2. The highest BCUT2D eigenvalue weighted by Crippen LogP contribution is 2.36. The Kier molecular flexibility index (Phi) is 8.05. The lowest BCUT2D eigenvalue weighted by Crippen LogP contribution is -2.27. The molecule has 1 N–H and O–H groups in total. The standard InChI is InChI=1S/C21H25NO8S2/c1-14(16-7-9-17(10-8-16)31(5,24)25)22-32(26,27)19-13-15(6-11-20(23)29-3)12-18(28-2)21(19)30-4/h6-14,22H,1-5H3/b11-6+. The number of sulfone groups is 1. The molecule has 2 aromatic rings. The Balaban J connectivity index is 2.45. The van der Waals surface area contributed by atoms with Gasteiger partial charge in [0.25, 0.3) is 0 Å². The van der Waals surface area contributed by atoms with Crippen molar-refractivity contribution < 1.29 is 35.8 Å². The molecule has 0 aliphatic heterocycles. The molecule has 1 unspecified atom stereocenters. The SMILES string of the molecule is COC(=O)/C=C/c1cc(OC)c(OC)c(S(=O)(=O)NC(C)c2ccc(S(C)(=O)=O)cc2)c1. The Morgan fingerprint density at radius 2 is 1.62 bits per heavy atom. The van der Waals surface area contributed by atoms with Crippen LogP contribution in [-0.4, -0.2) is 50.4 Å². The summed E-state index contributed by atoms with van der Waals surface area (Å²) in [5.74, 6) is -0.451. The van der Waals surface area contributed by atoms with Gasteiger partial charge in [0.2, 0.25) is 10.0 Å². The Morgan fingerprint density at radius 1 is 1.00 bits per heavy atom. The highest BCUT2D eigenvalue weighted by atomic mass is 32.2. The van der Waals surface area contributed by atoms with Gasteiger partial charge in [-0.2, -0.15) is 0 Å². The molecule has 11 heteroatoms. The number of sulfonamides is 1. The van der Waals surface area contributed by atoms with Gasteiger partial charge in [0.05, 0.1) is 26.2 Å². The maximum absolute atomic E-state index is 13.2. The Hall–Kier alpha value is -2.89. The van der Waals surface area contributed by atoms with Crippen molar-refractivity contribution >= 4 is 31.9 Å². The first kappa shape index (κ1) is 25.4. The van der Waals surface area contributed by atoms with E-state index in [1.807, 2.05) is 0 Å². The van der Waals surface area contributed by atoms with E-state index >= 15 is 0 Å². The second kappa shape index (κ2) is 10.2. The van der Waals surface area contributed by atoms with Gasteiger partial charge in [-0.25, -0.2) is 26.4 Å². The summed E-state index contributed by atoms with van der Waals surface area (Å²) in [7, 11) is -3.58. The summed E-state index contributed by atoms with van der Waals surface area (Å²) in [4.78, 5) is 11.3. The summed E-state index contributed by atoms with van der Waals surface area (Å²) in [6.45, 7) is 1.62. The Bertz CT molecular complexity index is 1220. The van der Waals surface area contributed by atoms with Crippen molar-refractivity contribution in [2.45, 2.75) is 22.8 Å². The molecular formula is C21H25NO8S2. The number of nitrogens with one attached hydrogen (secondary N) is 1. The van der Waals surface area contributed by atoms with Crippen LogP contribution in [0, 0.1) is 0 Å². The van der Waals surface area contributed by atoms with Crippen LogP contribution in [0.2, 0.25) is 0 Å². The van der Waals surface area contributed by atoms with E-state index in [1.54, 1.807) is 6.92 Å². The van der Waals surface area contributed by atoms with Crippen LogP contribution in [-0.2, 0) is 29.4 Å². The topological polar surface area (TPSA) is 125 Å². The van der Waals surface area contributed by atoms with Crippen molar-refractivity contribution in [2.24, 2.45) is 0 Å². The quantitative estimate of drug-likeness (QED) is 0.426. The number of carbonyl (C=O) groups excluding carboxylic acids is 1. The van der Waals surface area contributed by atoms with E-state index < -0.39 is 31.9 Å². The molecule has 0 bridgehead atoms. The number of ether oxygens (including phenoxy) is 3. The molecule has 0 fully saturated rings. The lowest BCUT2D eigenvalue weighted by Gasteiger charge is -2.18. The molecule has 0 saturated heterocycles. The molecule has 0 aliphatic rings. The number of hydrogen-bond acceptors (Lipinski definition) is 8. The van der Waals surface area contributed by atoms with E-state index in [1.165, 1.54) is 63.8 Å². The average molecular weight is 484 g/mol. The van der Waals surface area contributed by atoms with Gasteiger partial charge in [0.1, 0.15) is 4.90 Å². The van der Waals surface area contributed by atoms with E-state index in [9.17, 15) is 21.6 Å². The van der Waals surface area contributed by atoms with Gasteiger partial charge in [-0.15, -0.1) is 0 Å². The van der Waals surface area contributed by atoms with E-state index in [0.29, 0.717) is 11.1 Å². The van der Waals surface area contributed by atoms with Crippen molar-refractivity contribution in [1.29, 1.82) is 0 Å². The molecule has 0 spiro atoms. The van der Waals surface area contributed by atoms with Gasteiger partial charge in [0, 0.05) is 18.4 Å². The lowest BCUT2D eigenvalue weighted by molar-refractivity contribution is -0.134. The predicted molar refractivity (Wildman–Crippen MR) is 119 cm³/mol. The molecule has 9 nitrogen and oxygen atoms in total. The fourth-order valence-electron chi connectivity index (χ4n) is 2.85. The number of carbonyl (C=O) groups is 1. The molecule has 2 rings (SSSR count). The normalized spacial score (nSPS) is 13.0. The monoisotopic (exact) mass is 483 g/mol. The predicted octanol–water partition coefficient (Wildman–Crippen LogP) is 2.33. The minimum atomic E-state index is -4.11. The van der Waals surface area contributed by atoms with Gasteiger partial charge in [-0.05, 0) is 48.4 Å². The molecule has 0 amide bonds. The summed E-state index contributed by atoms with van der Waals surface area (Å²) in [6, 6.07) is 8.08. The molecule has 174 valence electrons. The van der Waals surface area contributed by atoms with Crippen molar-refractivity contribution in [3.8, 4) is 11.5 Å². The second-order valence-corrected chi connectivity index (χ2v) is 10.5. The highest BCUT2D eigenvalue weighted by Gasteiger charge is 2.26. The Labute approximate surface area is 188 Å². The second-order valence-electron chi connectivity index (χ2n) is 6.80. The van der Waals surface area contributed by atoms with Crippen LogP contribution in [0.25, 0.3) is 6.08 Å². The zero-order chi connectivity index (χ0) is 24.1. The van der Waals surface area contributed by atoms with Gasteiger partial charge in [-0.3, -0.25) is 0 Å². The molecule has 0 aromatic heterocycles. The Morgan fingerprint density at radius 3 is 2.12 bits per heavy atom. The van der Waals surface area contributed by atoms with Crippen LogP contribution < -0.4 is 14.2 Å². The molecule has 1 atom stereocenters. The first-order valence-corrected chi connectivity index (χ1v) is 12.6. The molecule has 0 aliphatic carbocycles.